The number of nitrogens with one attached hydrogen (secondary N) is 2. The minimum atomic E-state index is -0.0986. The first-order valence-corrected chi connectivity index (χ1v) is 10.2. The molecular weight excluding hydrogens is 358 g/mol. The fourth-order valence-electron chi connectivity index (χ4n) is 4.40. The number of carbonyl (C=O) groups excluding carboxylic acids is 2. The van der Waals surface area contributed by atoms with Gasteiger partial charge in [-0.3, -0.25) is 19.5 Å². The second-order valence-corrected chi connectivity index (χ2v) is 7.78. The number of amides is 2. The van der Waals surface area contributed by atoms with Crippen LogP contribution in [0.2, 0.25) is 0 Å². The van der Waals surface area contributed by atoms with Gasteiger partial charge < -0.3 is 20.3 Å². The monoisotopic (exact) mass is 387 g/mol. The van der Waals surface area contributed by atoms with Crippen LogP contribution in [0.4, 0.5) is 0 Å². The van der Waals surface area contributed by atoms with Gasteiger partial charge in [0.1, 0.15) is 0 Å². The van der Waals surface area contributed by atoms with Crippen molar-refractivity contribution in [2.45, 2.75) is 43.9 Å². The summed E-state index contributed by atoms with van der Waals surface area (Å²) in [5.41, 5.74) is 1.00. The molecule has 28 heavy (non-hydrogen) atoms. The summed E-state index contributed by atoms with van der Waals surface area (Å²) in [5, 5.41) is 6.57. The Balaban J connectivity index is 1.29. The van der Waals surface area contributed by atoms with Crippen LogP contribution in [0.3, 0.4) is 0 Å². The van der Waals surface area contributed by atoms with Crippen LogP contribution in [0.15, 0.2) is 24.4 Å². The molecule has 152 valence electrons. The average molecular weight is 387 g/mol. The van der Waals surface area contributed by atoms with Crippen molar-refractivity contribution in [2.75, 3.05) is 39.4 Å². The van der Waals surface area contributed by atoms with Crippen LogP contribution in [0.5, 0.6) is 0 Å². The number of nitrogens with zero attached hydrogens (tertiary/aromatic N) is 3. The van der Waals surface area contributed by atoms with Gasteiger partial charge in [-0.2, -0.15) is 0 Å². The zero-order valence-corrected chi connectivity index (χ0v) is 16.2. The van der Waals surface area contributed by atoms with E-state index in [1.165, 1.54) is 0 Å². The molecule has 3 fully saturated rings. The third-order valence-electron chi connectivity index (χ3n) is 5.98. The molecule has 1 aromatic rings. The van der Waals surface area contributed by atoms with Crippen molar-refractivity contribution in [1.82, 2.24) is 25.4 Å². The Hall–Kier alpha value is -2.03. The Morgan fingerprint density at radius 2 is 2.18 bits per heavy atom. The molecule has 0 unspecified atom stereocenters. The first-order valence-electron chi connectivity index (χ1n) is 10.2. The zero-order chi connectivity index (χ0) is 19.3. The molecule has 8 heteroatoms. The first kappa shape index (κ1) is 19.3. The van der Waals surface area contributed by atoms with Gasteiger partial charge in [-0.05, 0) is 25.0 Å². The van der Waals surface area contributed by atoms with Crippen molar-refractivity contribution < 1.29 is 14.3 Å². The number of hydrogen-bond acceptors (Lipinski definition) is 6. The van der Waals surface area contributed by atoms with E-state index < -0.39 is 0 Å². The predicted octanol–water partition coefficient (Wildman–Crippen LogP) is -0.248. The van der Waals surface area contributed by atoms with E-state index in [9.17, 15) is 9.59 Å². The van der Waals surface area contributed by atoms with E-state index in [0.717, 1.165) is 25.1 Å². The summed E-state index contributed by atoms with van der Waals surface area (Å²) in [6, 6.07) is 6.27. The quantitative estimate of drug-likeness (QED) is 0.700. The lowest BCUT2D eigenvalue weighted by atomic mass is 10.0. The van der Waals surface area contributed by atoms with Crippen LogP contribution < -0.4 is 10.6 Å². The molecule has 0 radical (unpaired) electrons. The van der Waals surface area contributed by atoms with Gasteiger partial charge in [0.05, 0.1) is 24.9 Å². The maximum Gasteiger partial charge on any atom is 0.237 e. The van der Waals surface area contributed by atoms with Crippen molar-refractivity contribution >= 4 is 11.8 Å². The SMILES string of the molecule is O=C1NC[C@@H](CCC(=O)N2CCOCC2)N2C[C@H](NCc3ccccn3)C[C@H]12. The Kier molecular flexibility index (Phi) is 6.19. The fraction of sp³-hybridized carbons (Fsp3) is 0.650. The highest BCUT2D eigenvalue weighted by molar-refractivity contribution is 5.83. The summed E-state index contributed by atoms with van der Waals surface area (Å²) in [7, 11) is 0. The Bertz CT molecular complexity index is 680. The molecule has 4 rings (SSSR count). The van der Waals surface area contributed by atoms with Crippen LogP contribution >= 0.6 is 0 Å². The number of hydrogen-bond donors (Lipinski definition) is 2. The Morgan fingerprint density at radius 3 is 2.96 bits per heavy atom. The van der Waals surface area contributed by atoms with Gasteiger partial charge in [-0.15, -0.1) is 0 Å². The molecule has 2 N–H and O–H groups in total. The molecule has 8 nitrogen and oxygen atoms in total. The molecule has 4 heterocycles. The van der Waals surface area contributed by atoms with Crippen LogP contribution in [0.1, 0.15) is 25.0 Å². The zero-order valence-electron chi connectivity index (χ0n) is 16.2. The van der Waals surface area contributed by atoms with Gasteiger partial charge in [-0.1, -0.05) is 6.07 Å². The van der Waals surface area contributed by atoms with E-state index in [1.54, 1.807) is 6.20 Å². The lowest BCUT2D eigenvalue weighted by Gasteiger charge is -2.37. The smallest absolute Gasteiger partial charge is 0.237 e. The Morgan fingerprint density at radius 1 is 1.32 bits per heavy atom. The number of piperazine rings is 1. The summed E-state index contributed by atoms with van der Waals surface area (Å²) in [4.78, 5) is 33.3. The molecule has 0 spiro atoms. The van der Waals surface area contributed by atoms with Crippen LogP contribution in [-0.4, -0.2) is 84.1 Å². The van der Waals surface area contributed by atoms with E-state index in [0.29, 0.717) is 45.8 Å². The highest BCUT2D eigenvalue weighted by Gasteiger charge is 2.43. The van der Waals surface area contributed by atoms with Crippen molar-refractivity contribution in [3.05, 3.63) is 30.1 Å². The van der Waals surface area contributed by atoms with Crippen molar-refractivity contribution in [3.63, 3.8) is 0 Å². The van der Waals surface area contributed by atoms with Gasteiger partial charge in [0.25, 0.3) is 0 Å². The topological polar surface area (TPSA) is 86.8 Å². The van der Waals surface area contributed by atoms with Crippen molar-refractivity contribution in [1.29, 1.82) is 0 Å². The maximum atomic E-state index is 12.5. The summed E-state index contributed by atoms with van der Waals surface area (Å²) in [6.45, 7) is 4.79. The summed E-state index contributed by atoms with van der Waals surface area (Å²) in [5.74, 6) is 0.304. The normalized spacial score (nSPS) is 28.1. The van der Waals surface area contributed by atoms with Crippen LogP contribution in [0, 0.1) is 0 Å². The lowest BCUT2D eigenvalue weighted by molar-refractivity contribution is -0.136. The highest BCUT2D eigenvalue weighted by atomic mass is 16.5. The number of morpholine rings is 1. The molecule has 3 aliphatic rings. The standard InChI is InChI=1S/C20H29N5O3/c26-19(24-7-9-28-10-8-24)5-4-17-13-23-20(27)18-11-16(14-25(17)18)22-12-15-3-1-2-6-21-15/h1-3,6,16-18,22H,4-5,7-14H2,(H,23,27)/t16-,17-,18-/m1/s1. The maximum absolute atomic E-state index is 12.5. The van der Waals surface area contributed by atoms with Gasteiger partial charge in [-0.25, -0.2) is 0 Å². The molecule has 3 aliphatic heterocycles. The molecule has 0 bridgehead atoms. The number of ether oxygens (including phenoxy) is 1. The summed E-state index contributed by atoms with van der Waals surface area (Å²) >= 11 is 0. The van der Waals surface area contributed by atoms with Gasteiger partial charge in [0.2, 0.25) is 11.8 Å². The average Bonchev–Trinajstić information content (AvgIpc) is 3.18. The second-order valence-electron chi connectivity index (χ2n) is 7.78. The van der Waals surface area contributed by atoms with Crippen molar-refractivity contribution in [3.8, 4) is 0 Å². The van der Waals surface area contributed by atoms with E-state index in [1.807, 2.05) is 23.1 Å². The first-order chi connectivity index (χ1) is 13.7. The third kappa shape index (κ3) is 4.51. The van der Waals surface area contributed by atoms with Gasteiger partial charge >= 0.3 is 0 Å². The van der Waals surface area contributed by atoms with Crippen LogP contribution in [-0.2, 0) is 20.9 Å². The second kappa shape index (κ2) is 8.98. The van der Waals surface area contributed by atoms with E-state index in [-0.39, 0.29) is 29.9 Å². The van der Waals surface area contributed by atoms with Crippen molar-refractivity contribution in [2.24, 2.45) is 0 Å². The minimum absolute atomic E-state index is 0.0986. The lowest BCUT2D eigenvalue weighted by Crippen LogP contribution is -2.58. The van der Waals surface area contributed by atoms with E-state index in [2.05, 4.69) is 20.5 Å². The number of rotatable bonds is 6. The van der Waals surface area contributed by atoms with Gasteiger partial charge in [0, 0.05) is 57.4 Å². The molecule has 2 amide bonds. The largest absolute Gasteiger partial charge is 0.378 e. The fourth-order valence-corrected chi connectivity index (χ4v) is 4.40. The highest BCUT2D eigenvalue weighted by Crippen LogP contribution is 2.26. The Labute approximate surface area is 165 Å². The molecule has 0 saturated carbocycles. The molecule has 1 aromatic heterocycles. The summed E-state index contributed by atoms with van der Waals surface area (Å²) in [6.07, 6.45) is 3.90. The number of fused-ring (bicyclic) bond motifs is 1. The van der Waals surface area contributed by atoms with E-state index >= 15 is 0 Å². The van der Waals surface area contributed by atoms with Gasteiger partial charge in [0.15, 0.2) is 0 Å². The minimum Gasteiger partial charge on any atom is -0.378 e. The van der Waals surface area contributed by atoms with Crippen LogP contribution in [0.25, 0.3) is 0 Å². The van der Waals surface area contributed by atoms with E-state index in [4.69, 9.17) is 4.74 Å². The summed E-state index contributed by atoms with van der Waals surface area (Å²) < 4.78 is 5.32. The predicted molar refractivity (Wildman–Crippen MR) is 103 cm³/mol. The molecule has 0 aliphatic carbocycles. The number of carbonyl (C=O) groups is 2. The number of aromatic nitrogens is 1. The molecule has 3 atom stereocenters. The molecule has 0 aromatic carbocycles. The number of pyridine rings is 1. The third-order valence-corrected chi connectivity index (χ3v) is 5.98. The molecular formula is C20H29N5O3. The molecule has 3 saturated heterocycles.